The fourth-order valence-corrected chi connectivity index (χ4v) is 2.80. The Morgan fingerprint density at radius 3 is 2.67 bits per heavy atom. The summed E-state index contributed by atoms with van der Waals surface area (Å²) in [6.45, 7) is 2.32. The predicted molar refractivity (Wildman–Crippen MR) is 112 cm³/mol. The summed E-state index contributed by atoms with van der Waals surface area (Å²) >= 11 is 0. The first-order chi connectivity index (χ1) is 14.5. The van der Waals surface area contributed by atoms with Crippen molar-refractivity contribution in [3.05, 3.63) is 80.5 Å². The summed E-state index contributed by atoms with van der Waals surface area (Å²) in [6.07, 6.45) is 1.46. The number of hydrogen-bond acceptors (Lipinski definition) is 7. The van der Waals surface area contributed by atoms with Crippen LogP contribution in [0.25, 0.3) is 0 Å². The quantitative estimate of drug-likeness (QED) is 0.508. The van der Waals surface area contributed by atoms with Crippen molar-refractivity contribution in [3.8, 4) is 0 Å². The number of methoxy groups -OCH3 is 1. The first-order valence-electron chi connectivity index (χ1n) is 9.24. The van der Waals surface area contributed by atoms with Crippen molar-refractivity contribution in [2.45, 2.75) is 20.0 Å². The number of aromatic amines is 1. The minimum Gasteiger partial charge on any atom is -0.383 e. The fourth-order valence-electron chi connectivity index (χ4n) is 2.80. The molecular formula is C20H22N6O4. The molecule has 0 bridgehead atoms. The average molecular weight is 410 g/mol. The van der Waals surface area contributed by atoms with Crippen molar-refractivity contribution in [2.75, 3.05) is 24.4 Å². The van der Waals surface area contributed by atoms with Gasteiger partial charge in [0.2, 0.25) is 0 Å². The highest BCUT2D eigenvalue weighted by Gasteiger charge is 2.19. The molecule has 0 saturated carbocycles. The molecular weight excluding hydrogens is 388 g/mol. The van der Waals surface area contributed by atoms with Crippen LogP contribution in [0.2, 0.25) is 0 Å². The van der Waals surface area contributed by atoms with Crippen molar-refractivity contribution in [3.63, 3.8) is 0 Å². The molecule has 0 saturated heterocycles. The van der Waals surface area contributed by atoms with Gasteiger partial charge in [-0.2, -0.15) is 0 Å². The third-order valence-electron chi connectivity index (χ3n) is 4.27. The molecule has 0 unspecified atom stereocenters. The van der Waals surface area contributed by atoms with Gasteiger partial charge in [-0.3, -0.25) is 19.1 Å². The number of anilines is 2. The molecule has 10 heteroatoms. The van der Waals surface area contributed by atoms with Gasteiger partial charge in [-0.15, -0.1) is 0 Å². The molecule has 10 nitrogen and oxygen atoms in total. The molecule has 0 aliphatic carbocycles. The number of aryl methyl sites for hydroxylation is 1. The summed E-state index contributed by atoms with van der Waals surface area (Å²) in [7, 11) is 1.49. The standard InChI is InChI=1S/C20H22N6O4/c1-13-21-9-8-15(23-13)18(27)24-17-16(22-12-14-6-4-3-5-7-14)19(28)25-20(29)26(17)10-11-30-2/h3-9,22H,10-12H2,1-2H3,(H,24,27)(H,25,28,29). The van der Waals surface area contributed by atoms with Gasteiger partial charge in [0.15, 0.2) is 0 Å². The maximum absolute atomic E-state index is 12.8. The molecule has 3 N–H and O–H groups in total. The highest BCUT2D eigenvalue weighted by molar-refractivity contribution is 6.03. The molecule has 0 atom stereocenters. The first-order valence-corrected chi connectivity index (χ1v) is 9.24. The van der Waals surface area contributed by atoms with Crippen LogP contribution in [-0.4, -0.2) is 39.1 Å². The van der Waals surface area contributed by atoms with Gasteiger partial charge in [0.1, 0.15) is 23.0 Å². The van der Waals surface area contributed by atoms with Crippen molar-refractivity contribution in [1.29, 1.82) is 0 Å². The van der Waals surface area contributed by atoms with Gasteiger partial charge in [-0.1, -0.05) is 30.3 Å². The molecule has 1 aromatic carbocycles. The van der Waals surface area contributed by atoms with E-state index in [1.54, 1.807) is 6.92 Å². The second-order valence-electron chi connectivity index (χ2n) is 6.41. The summed E-state index contributed by atoms with van der Waals surface area (Å²) in [5, 5.41) is 5.66. The molecule has 30 heavy (non-hydrogen) atoms. The van der Waals surface area contributed by atoms with Gasteiger partial charge in [0.05, 0.1) is 13.2 Å². The molecule has 1 amide bonds. The molecule has 0 spiro atoms. The number of carbonyl (C=O) groups excluding carboxylic acids is 1. The van der Waals surface area contributed by atoms with Crippen molar-refractivity contribution < 1.29 is 9.53 Å². The van der Waals surface area contributed by atoms with Crippen LogP contribution < -0.4 is 21.9 Å². The summed E-state index contributed by atoms with van der Waals surface area (Å²) in [5.41, 5.74) is -0.193. The number of benzene rings is 1. The van der Waals surface area contributed by atoms with Crippen molar-refractivity contribution in [2.24, 2.45) is 0 Å². The Morgan fingerprint density at radius 1 is 1.20 bits per heavy atom. The third-order valence-corrected chi connectivity index (χ3v) is 4.27. The predicted octanol–water partition coefficient (Wildman–Crippen LogP) is 1.15. The van der Waals surface area contributed by atoms with Crippen molar-refractivity contribution in [1.82, 2.24) is 19.5 Å². The Morgan fingerprint density at radius 2 is 1.97 bits per heavy atom. The number of ether oxygens (including phenoxy) is 1. The van der Waals surface area contributed by atoms with E-state index in [1.165, 1.54) is 23.9 Å². The van der Waals surface area contributed by atoms with Crippen LogP contribution in [0.15, 0.2) is 52.2 Å². The zero-order valence-electron chi connectivity index (χ0n) is 16.6. The summed E-state index contributed by atoms with van der Waals surface area (Å²) in [6, 6.07) is 10.9. The number of H-pyrrole nitrogens is 1. The summed E-state index contributed by atoms with van der Waals surface area (Å²) < 4.78 is 6.30. The number of carbonyl (C=O) groups is 1. The monoisotopic (exact) mass is 410 g/mol. The van der Waals surface area contributed by atoms with Gasteiger partial charge in [-0.25, -0.2) is 14.8 Å². The highest BCUT2D eigenvalue weighted by atomic mass is 16.5. The van der Waals surface area contributed by atoms with E-state index < -0.39 is 17.2 Å². The van der Waals surface area contributed by atoms with E-state index >= 15 is 0 Å². The lowest BCUT2D eigenvalue weighted by Gasteiger charge is -2.17. The minimum absolute atomic E-state index is 0.0398. The zero-order valence-corrected chi connectivity index (χ0v) is 16.6. The molecule has 0 aliphatic heterocycles. The first kappa shape index (κ1) is 20.9. The van der Waals surface area contributed by atoms with Gasteiger partial charge < -0.3 is 15.4 Å². The maximum Gasteiger partial charge on any atom is 0.330 e. The van der Waals surface area contributed by atoms with E-state index in [0.717, 1.165) is 5.56 Å². The van der Waals surface area contributed by atoms with E-state index in [1.807, 2.05) is 30.3 Å². The molecule has 156 valence electrons. The van der Waals surface area contributed by atoms with E-state index in [-0.39, 0.29) is 30.4 Å². The second kappa shape index (κ2) is 9.61. The van der Waals surface area contributed by atoms with Crippen LogP contribution in [0.5, 0.6) is 0 Å². The Balaban J connectivity index is 2.00. The Kier molecular flexibility index (Phi) is 6.71. The number of hydrogen-bond donors (Lipinski definition) is 3. The number of nitrogens with zero attached hydrogens (tertiary/aromatic N) is 3. The van der Waals surface area contributed by atoms with E-state index in [4.69, 9.17) is 4.74 Å². The lowest BCUT2D eigenvalue weighted by molar-refractivity contribution is 0.102. The fraction of sp³-hybridized carbons (Fsp3) is 0.250. The molecule has 0 aliphatic rings. The van der Waals surface area contributed by atoms with E-state index in [0.29, 0.717) is 12.4 Å². The minimum atomic E-state index is -0.656. The largest absolute Gasteiger partial charge is 0.383 e. The number of rotatable bonds is 8. The maximum atomic E-state index is 12.8. The van der Waals surface area contributed by atoms with Gasteiger partial charge >= 0.3 is 5.69 Å². The smallest absolute Gasteiger partial charge is 0.330 e. The lowest BCUT2D eigenvalue weighted by atomic mass is 10.2. The Hall–Kier alpha value is -3.79. The Labute approximate surface area is 172 Å². The summed E-state index contributed by atoms with van der Waals surface area (Å²) in [4.78, 5) is 48.0. The van der Waals surface area contributed by atoms with Crippen LogP contribution in [0.3, 0.4) is 0 Å². The van der Waals surface area contributed by atoms with Crippen LogP contribution in [-0.2, 0) is 17.8 Å². The van der Waals surface area contributed by atoms with Crippen LogP contribution >= 0.6 is 0 Å². The number of nitrogens with one attached hydrogen (secondary N) is 3. The highest BCUT2D eigenvalue weighted by Crippen LogP contribution is 2.17. The van der Waals surface area contributed by atoms with E-state index in [2.05, 4.69) is 25.6 Å². The lowest BCUT2D eigenvalue weighted by Crippen LogP contribution is -2.36. The molecule has 2 aromatic heterocycles. The average Bonchev–Trinajstić information content (AvgIpc) is 2.73. The van der Waals surface area contributed by atoms with E-state index in [9.17, 15) is 14.4 Å². The Bertz CT molecular complexity index is 1140. The second-order valence-corrected chi connectivity index (χ2v) is 6.41. The van der Waals surface area contributed by atoms with Gasteiger partial charge in [0.25, 0.3) is 11.5 Å². The normalized spacial score (nSPS) is 10.6. The number of amides is 1. The molecule has 2 heterocycles. The SMILES string of the molecule is COCCn1c(NC(=O)c2ccnc(C)n2)c(NCc2ccccc2)c(=O)[nH]c1=O. The van der Waals surface area contributed by atoms with Gasteiger partial charge in [0, 0.05) is 19.9 Å². The topological polar surface area (TPSA) is 131 Å². The zero-order chi connectivity index (χ0) is 21.5. The summed E-state index contributed by atoms with van der Waals surface area (Å²) in [5.74, 6) is -0.106. The van der Waals surface area contributed by atoms with Crippen LogP contribution in [0, 0.1) is 6.92 Å². The molecule has 0 radical (unpaired) electrons. The van der Waals surface area contributed by atoms with Crippen LogP contribution in [0.4, 0.5) is 11.5 Å². The number of aromatic nitrogens is 4. The molecule has 3 rings (SSSR count). The van der Waals surface area contributed by atoms with Gasteiger partial charge in [-0.05, 0) is 18.6 Å². The van der Waals surface area contributed by atoms with Crippen molar-refractivity contribution >= 4 is 17.4 Å². The van der Waals surface area contributed by atoms with Crippen LogP contribution in [0.1, 0.15) is 21.9 Å². The molecule has 0 fully saturated rings. The molecule has 3 aromatic rings. The third kappa shape index (κ3) is 4.97.